The third-order valence-corrected chi connectivity index (χ3v) is 6.00. The summed E-state index contributed by atoms with van der Waals surface area (Å²) in [6.07, 6.45) is 9.19. The molecule has 2 aromatic rings. The van der Waals surface area contributed by atoms with Crippen molar-refractivity contribution in [2.24, 2.45) is 13.0 Å². The number of nitrogens with zero attached hydrogens (tertiary/aromatic N) is 3. The first-order valence-corrected chi connectivity index (χ1v) is 9.55. The van der Waals surface area contributed by atoms with Crippen LogP contribution in [-0.2, 0) is 7.05 Å². The number of benzene rings is 1. The molecule has 1 amide bonds. The fraction of sp³-hybridized carbons (Fsp3) is 0.524. The fourth-order valence-electron chi connectivity index (χ4n) is 4.68. The molecule has 0 bridgehead atoms. The monoisotopic (exact) mass is 337 g/mol. The van der Waals surface area contributed by atoms with E-state index in [4.69, 9.17) is 0 Å². The van der Waals surface area contributed by atoms with Gasteiger partial charge in [-0.3, -0.25) is 9.48 Å². The Balaban J connectivity index is 1.67. The topological polar surface area (TPSA) is 38.1 Å². The summed E-state index contributed by atoms with van der Waals surface area (Å²) in [6, 6.07) is 8.79. The third-order valence-electron chi connectivity index (χ3n) is 6.00. The van der Waals surface area contributed by atoms with E-state index in [9.17, 15) is 4.79 Å². The molecule has 1 aromatic carbocycles. The van der Waals surface area contributed by atoms with E-state index >= 15 is 0 Å². The van der Waals surface area contributed by atoms with Crippen LogP contribution in [0.3, 0.4) is 0 Å². The van der Waals surface area contributed by atoms with Crippen LogP contribution in [0.15, 0.2) is 30.5 Å². The Morgan fingerprint density at radius 1 is 1.08 bits per heavy atom. The smallest absolute Gasteiger partial charge is 0.257 e. The molecule has 4 rings (SSSR count). The van der Waals surface area contributed by atoms with E-state index in [1.54, 1.807) is 6.20 Å². The highest BCUT2D eigenvalue weighted by Gasteiger charge is 2.37. The molecular formula is C21H27N3O. The molecule has 0 N–H and O–H groups in total. The maximum atomic E-state index is 13.4. The molecule has 2 aliphatic rings. The van der Waals surface area contributed by atoms with Gasteiger partial charge in [-0.05, 0) is 38.5 Å². The average molecular weight is 337 g/mol. The van der Waals surface area contributed by atoms with Gasteiger partial charge < -0.3 is 4.90 Å². The highest BCUT2D eigenvalue weighted by molar-refractivity contribution is 6.00. The quantitative estimate of drug-likeness (QED) is 0.824. The number of carbonyl (C=O) groups excluding carboxylic acids is 1. The summed E-state index contributed by atoms with van der Waals surface area (Å²) >= 11 is 0. The zero-order valence-corrected chi connectivity index (χ0v) is 15.2. The Hall–Kier alpha value is -2.10. The number of piperidine rings is 1. The Morgan fingerprint density at radius 3 is 2.60 bits per heavy atom. The van der Waals surface area contributed by atoms with Crippen molar-refractivity contribution in [3.63, 3.8) is 0 Å². The van der Waals surface area contributed by atoms with Gasteiger partial charge >= 0.3 is 0 Å². The van der Waals surface area contributed by atoms with Crippen molar-refractivity contribution in [3.8, 4) is 11.3 Å². The average Bonchev–Trinajstić information content (AvgIpc) is 3.03. The fourth-order valence-corrected chi connectivity index (χ4v) is 4.68. The van der Waals surface area contributed by atoms with E-state index in [2.05, 4.69) is 41.2 Å². The zero-order valence-electron chi connectivity index (χ0n) is 15.2. The van der Waals surface area contributed by atoms with Crippen LogP contribution in [0.1, 0.15) is 54.4 Å². The molecule has 1 saturated carbocycles. The van der Waals surface area contributed by atoms with Crippen LogP contribution in [0.5, 0.6) is 0 Å². The molecule has 132 valence electrons. The molecule has 4 nitrogen and oxygen atoms in total. The summed E-state index contributed by atoms with van der Waals surface area (Å²) in [5, 5.41) is 4.40. The van der Waals surface area contributed by atoms with Crippen molar-refractivity contribution in [1.29, 1.82) is 0 Å². The predicted molar refractivity (Wildman–Crippen MR) is 99.4 cm³/mol. The first kappa shape index (κ1) is 16.4. The largest absolute Gasteiger partial charge is 0.335 e. The number of rotatable bonds is 2. The summed E-state index contributed by atoms with van der Waals surface area (Å²) in [4.78, 5) is 15.6. The molecular weight excluding hydrogens is 310 g/mol. The molecule has 1 saturated heterocycles. The minimum Gasteiger partial charge on any atom is -0.335 e. The number of aromatic nitrogens is 2. The molecule has 1 aliphatic carbocycles. The van der Waals surface area contributed by atoms with E-state index in [1.165, 1.54) is 31.2 Å². The SMILES string of the molecule is Cc1ccc(-c2c(C(=O)N3CCCC4CCCCC43)cnn2C)cc1. The van der Waals surface area contributed by atoms with Crippen LogP contribution >= 0.6 is 0 Å². The molecule has 2 fully saturated rings. The molecule has 1 aliphatic heterocycles. The lowest BCUT2D eigenvalue weighted by atomic mass is 9.78. The molecule has 4 heteroatoms. The minimum absolute atomic E-state index is 0.167. The van der Waals surface area contributed by atoms with Gasteiger partial charge in [0.25, 0.3) is 5.91 Å². The number of aryl methyl sites for hydroxylation is 2. The van der Waals surface area contributed by atoms with Crippen molar-refractivity contribution >= 4 is 5.91 Å². The second kappa shape index (κ2) is 6.66. The summed E-state index contributed by atoms with van der Waals surface area (Å²) in [5.41, 5.74) is 3.96. The van der Waals surface area contributed by atoms with E-state index in [-0.39, 0.29) is 5.91 Å². The number of hydrogen-bond donors (Lipinski definition) is 0. The molecule has 25 heavy (non-hydrogen) atoms. The Labute approximate surface area is 149 Å². The second-order valence-corrected chi connectivity index (χ2v) is 7.65. The van der Waals surface area contributed by atoms with Gasteiger partial charge in [-0.1, -0.05) is 42.7 Å². The van der Waals surface area contributed by atoms with Crippen LogP contribution in [0.4, 0.5) is 0 Å². The Morgan fingerprint density at radius 2 is 1.80 bits per heavy atom. The third kappa shape index (κ3) is 2.99. The molecule has 2 atom stereocenters. The Kier molecular flexibility index (Phi) is 4.36. The van der Waals surface area contributed by atoms with Gasteiger partial charge in [-0.25, -0.2) is 0 Å². The first-order valence-electron chi connectivity index (χ1n) is 9.55. The maximum absolute atomic E-state index is 13.4. The normalized spacial score (nSPS) is 23.4. The molecule has 2 unspecified atom stereocenters. The van der Waals surface area contributed by atoms with Gasteiger partial charge in [-0.2, -0.15) is 5.10 Å². The molecule has 2 heterocycles. The van der Waals surface area contributed by atoms with E-state index < -0.39 is 0 Å². The first-order chi connectivity index (χ1) is 12.1. The van der Waals surface area contributed by atoms with Gasteiger partial charge in [0.1, 0.15) is 0 Å². The van der Waals surface area contributed by atoms with Crippen molar-refractivity contribution in [2.45, 2.75) is 51.5 Å². The highest BCUT2D eigenvalue weighted by atomic mass is 16.2. The maximum Gasteiger partial charge on any atom is 0.257 e. The standard InChI is InChI=1S/C21H27N3O/c1-15-9-11-17(12-10-15)20-18(14-22-23(20)2)21(25)24-13-5-7-16-6-3-4-8-19(16)24/h9-12,14,16,19H,3-8,13H2,1-2H3. The minimum atomic E-state index is 0.167. The lowest BCUT2D eigenvalue weighted by Crippen LogP contribution is -2.49. The lowest BCUT2D eigenvalue weighted by Gasteiger charge is -2.44. The van der Waals surface area contributed by atoms with Gasteiger partial charge in [0.2, 0.25) is 0 Å². The number of carbonyl (C=O) groups is 1. The Bertz CT molecular complexity index is 760. The second-order valence-electron chi connectivity index (χ2n) is 7.65. The number of hydrogen-bond acceptors (Lipinski definition) is 2. The summed E-state index contributed by atoms with van der Waals surface area (Å²) in [7, 11) is 1.92. The van der Waals surface area contributed by atoms with E-state index in [1.807, 2.05) is 11.7 Å². The highest BCUT2D eigenvalue weighted by Crippen LogP contribution is 2.36. The van der Waals surface area contributed by atoms with Crippen molar-refractivity contribution in [3.05, 3.63) is 41.6 Å². The summed E-state index contributed by atoms with van der Waals surface area (Å²) in [6.45, 7) is 2.97. The van der Waals surface area contributed by atoms with Gasteiger partial charge in [0, 0.05) is 25.2 Å². The molecule has 1 aromatic heterocycles. The number of amides is 1. The van der Waals surface area contributed by atoms with Crippen molar-refractivity contribution in [1.82, 2.24) is 14.7 Å². The van der Waals surface area contributed by atoms with Gasteiger partial charge in [0.05, 0.1) is 17.5 Å². The molecule has 0 radical (unpaired) electrons. The van der Waals surface area contributed by atoms with Gasteiger partial charge in [0.15, 0.2) is 0 Å². The van der Waals surface area contributed by atoms with E-state index in [0.29, 0.717) is 12.0 Å². The van der Waals surface area contributed by atoms with Crippen LogP contribution in [0.25, 0.3) is 11.3 Å². The van der Waals surface area contributed by atoms with Crippen LogP contribution in [-0.4, -0.2) is 33.2 Å². The number of likely N-dealkylation sites (tertiary alicyclic amines) is 1. The van der Waals surface area contributed by atoms with Crippen LogP contribution in [0, 0.1) is 12.8 Å². The molecule has 0 spiro atoms. The van der Waals surface area contributed by atoms with E-state index in [0.717, 1.165) is 36.2 Å². The zero-order chi connectivity index (χ0) is 17.4. The summed E-state index contributed by atoms with van der Waals surface area (Å²) in [5.74, 6) is 0.867. The van der Waals surface area contributed by atoms with Gasteiger partial charge in [-0.15, -0.1) is 0 Å². The lowest BCUT2D eigenvalue weighted by molar-refractivity contribution is 0.0391. The van der Waals surface area contributed by atoms with Crippen LogP contribution in [0.2, 0.25) is 0 Å². The predicted octanol–water partition coefficient (Wildman–Crippen LogP) is 4.19. The summed E-state index contributed by atoms with van der Waals surface area (Å²) < 4.78 is 1.83. The van der Waals surface area contributed by atoms with Crippen LogP contribution < -0.4 is 0 Å². The van der Waals surface area contributed by atoms with Crippen molar-refractivity contribution < 1.29 is 4.79 Å². The number of fused-ring (bicyclic) bond motifs is 1. The van der Waals surface area contributed by atoms with Crippen molar-refractivity contribution in [2.75, 3.05) is 6.54 Å².